The van der Waals surface area contributed by atoms with Gasteiger partial charge in [-0.15, -0.1) is 0 Å². The quantitative estimate of drug-likeness (QED) is 0.684. The van der Waals surface area contributed by atoms with Crippen LogP contribution in [0.25, 0.3) is 0 Å². The summed E-state index contributed by atoms with van der Waals surface area (Å²) in [5.74, 6) is 0. The zero-order chi connectivity index (χ0) is 8.93. The van der Waals surface area contributed by atoms with Gasteiger partial charge in [0.2, 0.25) is 0 Å². The fraction of sp³-hybridized carbons (Fsp3) is 0.333. The van der Waals surface area contributed by atoms with Gasteiger partial charge in [-0.3, -0.25) is 0 Å². The molecule has 0 aliphatic carbocycles. The maximum Gasteiger partial charge on any atom is 0.0911 e. The minimum absolute atomic E-state index is 0.879. The summed E-state index contributed by atoms with van der Waals surface area (Å²) in [6.07, 6.45) is 5.32. The smallest absolute Gasteiger partial charge is 0.0911 e. The van der Waals surface area contributed by atoms with Crippen LogP contribution in [0.1, 0.15) is 18.4 Å². The van der Waals surface area contributed by atoms with Crippen LogP contribution in [-0.4, -0.2) is 6.61 Å². The normalized spacial score (nSPS) is 15.2. The van der Waals surface area contributed by atoms with Gasteiger partial charge in [-0.25, -0.2) is 0 Å². The molecule has 68 valence electrons. The maximum atomic E-state index is 5.18. The van der Waals surface area contributed by atoms with Crippen molar-refractivity contribution in [2.75, 3.05) is 6.61 Å². The molecule has 0 fully saturated rings. The van der Waals surface area contributed by atoms with Crippen LogP contribution in [0.15, 0.2) is 42.2 Å². The summed E-state index contributed by atoms with van der Waals surface area (Å²) < 4.78 is 5.18. The van der Waals surface area contributed by atoms with E-state index in [9.17, 15) is 0 Å². The molecule has 0 unspecified atom stereocenters. The summed E-state index contributed by atoms with van der Waals surface area (Å²) in [4.78, 5) is 0. The van der Waals surface area contributed by atoms with E-state index in [2.05, 4.69) is 30.3 Å². The molecule has 0 spiro atoms. The van der Waals surface area contributed by atoms with E-state index in [1.807, 2.05) is 6.26 Å². The van der Waals surface area contributed by atoms with Gasteiger partial charge >= 0.3 is 0 Å². The molecule has 0 aromatic heterocycles. The number of hydrogen-bond donors (Lipinski definition) is 0. The lowest BCUT2D eigenvalue weighted by Gasteiger charge is -1.99. The van der Waals surface area contributed by atoms with Gasteiger partial charge in [-0.05, 0) is 24.0 Å². The Morgan fingerprint density at radius 2 is 1.92 bits per heavy atom. The highest BCUT2D eigenvalue weighted by atomic mass is 16.5. The van der Waals surface area contributed by atoms with Crippen LogP contribution in [0.3, 0.4) is 0 Å². The largest absolute Gasteiger partial charge is 0.501 e. The van der Waals surface area contributed by atoms with E-state index in [0.29, 0.717) is 0 Å². The van der Waals surface area contributed by atoms with Gasteiger partial charge in [-0.1, -0.05) is 30.3 Å². The summed E-state index contributed by atoms with van der Waals surface area (Å²) in [5, 5.41) is 0. The SMILES string of the molecule is C1=C(CCc2ccccc2)CCO1. The van der Waals surface area contributed by atoms with Gasteiger partial charge in [-0.2, -0.15) is 0 Å². The van der Waals surface area contributed by atoms with Crippen molar-refractivity contribution in [1.29, 1.82) is 0 Å². The molecule has 1 heterocycles. The lowest BCUT2D eigenvalue weighted by atomic mass is 10.0. The summed E-state index contributed by atoms with van der Waals surface area (Å²) in [7, 11) is 0. The van der Waals surface area contributed by atoms with Gasteiger partial charge in [0.15, 0.2) is 0 Å². The van der Waals surface area contributed by atoms with E-state index >= 15 is 0 Å². The molecule has 0 saturated heterocycles. The highest BCUT2D eigenvalue weighted by molar-refractivity contribution is 5.16. The maximum absolute atomic E-state index is 5.18. The van der Waals surface area contributed by atoms with Crippen molar-refractivity contribution < 1.29 is 4.74 Å². The standard InChI is InChI=1S/C12H14O/c1-2-4-11(5-3-1)6-7-12-8-9-13-10-12/h1-5,10H,6-9H2. The number of ether oxygens (including phenoxy) is 1. The van der Waals surface area contributed by atoms with Crippen LogP contribution in [0, 0.1) is 0 Å². The second kappa shape index (κ2) is 4.13. The summed E-state index contributed by atoms with van der Waals surface area (Å²) in [5.41, 5.74) is 2.86. The van der Waals surface area contributed by atoms with E-state index in [4.69, 9.17) is 4.74 Å². The fourth-order valence-corrected chi connectivity index (χ4v) is 1.56. The Bertz CT molecular complexity index is 287. The minimum atomic E-state index is 0.879. The first kappa shape index (κ1) is 8.36. The summed E-state index contributed by atoms with van der Waals surface area (Å²) in [6, 6.07) is 10.6. The molecule has 0 saturated carbocycles. The van der Waals surface area contributed by atoms with Crippen LogP contribution < -0.4 is 0 Å². The third-order valence-electron chi connectivity index (χ3n) is 2.37. The molecule has 1 heteroatoms. The molecule has 1 aromatic carbocycles. The molecule has 0 radical (unpaired) electrons. The predicted octanol–water partition coefficient (Wildman–Crippen LogP) is 2.92. The predicted molar refractivity (Wildman–Crippen MR) is 53.4 cm³/mol. The molecule has 1 nitrogen and oxygen atoms in total. The first-order valence-corrected chi connectivity index (χ1v) is 4.78. The molecule has 13 heavy (non-hydrogen) atoms. The fourth-order valence-electron chi connectivity index (χ4n) is 1.56. The summed E-state index contributed by atoms with van der Waals surface area (Å²) in [6.45, 7) is 0.879. The molecule has 1 aliphatic heterocycles. The van der Waals surface area contributed by atoms with Gasteiger partial charge in [0.1, 0.15) is 0 Å². The highest BCUT2D eigenvalue weighted by Gasteiger charge is 2.04. The Kier molecular flexibility index (Phi) is 2.65. The third-order valence-corrected chi connectivity index (χ3v) is 2.37. The van der Waals surface area contributed by atoms with Gasteiger partial charge < -0.3 is 4.74 Å². The Morgan fingerprint density at radius 1 is 1.08 bits per heavy atom. The molecule has 0 amide bonds. The van der Waals surface area contributed by atoms with Crippen LogP contribution >= 0.6 is 0 Å². The third kappa shape index (κ3) is 2.35. The number of aryl methyl sites for hydroxylation is 1. The van der Waals surface area contributed by atoms with Crippen molar-refractivity contribution in [3.05, 3.63) is 47.7 Å². The minimum Gasteiger partial charge on any atom is -0.501 e. The van der Waals surface area contributed by atoms with Gasteiger partial charge in [0.25, 0.3) is 0 Å². The number of rotatable bonds is 3. The lowest BCUT2D eigenvalue weighted by molar-refractivity contribution is 0.281. The molecule has 1 aliphatic rings. The Balaban J connectivity index is 1.86. The molecular formula is C12H14O. The first-order valence-electron chi connectivity index (χ1n) is 4.78. The van der Waals surface area contributed by atoms with Crippen molar-refractivity contribution in [3.8, 4) is 0 Å². The molecule has 1 aromatic rings. The van der Waals surface area contributed by atoms with Crippen LogP contribution in [-0.2, 0) is 11.2 Å². The second-order valence-electron chi connectivity index (χ2n) is 3.38. The Morgan fingerprint density at radius 3 is 2.62 bits per heavy atom. The monoisotopic (exact) mass is 174 g/mol. The summed E-state index contributed by atoms with van der Waals surface area (Å²) >= 11 is 0. The Hall–Kier alpha value is -1.24. The van der Waals surface area contributed by atoms with E-state index in [1.54, 1.807) is 0 Å². The van der Waals surface area contributed by atoms with Crippen LogP contribution in [0.5, 0.6) is 0 Å². The van der Waals surface area contributed by atoms with E-state index < -0.39 is 0 Å². The van der Waals surface area contributed by atoms with E-state index in [-0.39, 0.29) is 0 Å². The zero-order valence-electron chi connectivity index (χ0n) is 7.70. The molecule has 0 bridgehead atoms. The van der Waals surface area contributed by atoms with Gasteiger partial charge in [0, 0.05) is 6.42 Å². The van der Waals surface area contributed by atoms with Crippen molar-refractivity contribution in [2.24, 2.45) is 0 Å². The van der Waals surface area contributed by atoms with Crippen molar-refractivity contribution in [3.63, 3.8) is 0 Å². The lowest BCUT2D eigenvalue weighted by Crippen LogP contribution is -1.87. The molecule has 0 atom stereocenters. The highest BCUT2D eigenvalue weighted by Crippen LogP contribution is 2.16. The Labute approximate surface area is 79.0 Å². The van der Waals surface area contributed by atoms with Crippen LogP contribution in [0.2, 0.25) is 0 Å². The van der Waals surface area contributed by atoms with Crippen molar-refractivity contribution >= 4 is 0 Å². The van der Waals surface area contributed by atoms with Gasteiger partial charge in [0.05, 0.1) is 12.9 Å². The topological polar surface area (TPSA) is 9.23 Å². The molecule has 0 N–H and O–H groups in total. The molecular weight excluding hydrogens is 160 g/mol. The molecule has 2 rings (SSSR count). The zero-order valence-corrected chi connectivity index (χ0v) is 7.70. The van der Waals surface area contributed by atoms with Crippen LogP contribution in [0.4, 0.5) is 0 Å². The van der Waals surface area contributed by atoms with E-state index in [0.717, 1.165) is 25.9 Å². The van der Waals surface area contributed by atoms with Crippen molar-refractivity contribution in [2.45, 2.75) is 19.3 Å². The number of hydrogen-bond acceptors (Lipinski definition) is 1. The average Bonchev–Trinajstić information content (AvgIpc) is 2.69. The van der Waals surface area contributed by atoms with E-state index in [1.165, 1.54) is 11.1 Å². The average molecular weight is 174 g/mol. The van der Waals surface area contributed by atoms with Crippen molar-refractivity contribution in [1.82, 2.24) is 0 Å². The number of benzene rings is 1. The first-order chi connectivity index (χ1) is 6.45. The second-order valence-corrected chi connectivity index (χ2v) is 3.38.